The summed E-state index contributed by atoms with van der Waals surface area (Å²) in [5.41, 5.74) is 5.03. The number of H-pyrrole nitrogens is 1. The van der Waals surface area contributed by atoms with E-state index in [9.17, 15) is 9.18 Å². The van der Waals surface area contributed by atoms with E-state index < -0.39 is 0 Å². The molecule has 0 fully saturated rings. The molecule has 0 saturated carbocycles. The normalized spacial score (nSPS) is 14.1. The van der Waals surface area contributed by atoms with Crippen LogP contribution >= 0.6 is 11.8 Å². The van der Waals surface area contributed by atoms with Crippen LogP contribution in [0.5, 0.6) is 0 Å². The van der Waals surface area contributed by atoms with Crippen molar-refractivity contribution in [2.75, 3.05) is 24.2 Å². The molecule has 1 aliphatic rings. The SMILES string of the molecule is CSc1cc(C(C)C)ccc1-n1c(=O)[nH]c2c(N3CC=C(c4cccc(F)c4)CC3)nc(C)nc21. The lowest BCUT2D eigenvalue weighted by Crippen LogP contribution is -2.29. The van der Waals surface area contributed by atoms with Crippen molar-refractivity contribution in [3.05, 3.63) is 81.8 Å². The van der Waals surface area contributed by atoms with Crippen LogP contribution in [0.4, 0.5) is 10.2 Å². The number of anilines is 1. The summed E-state index contributed by atoms with van der Waals surface area (Å²) in [4.78, 5) is 28.7. The number of hydrogen-bond donors (Lipinski definition) is 1. The number of rotatable bonds is 5. The Hall–Kier alpha value is -3.39. The van der Waals surface area contributed by atoms with E-state index in [1.54, 1.807) is 28.5 Å². The minimum Gasteiger partial charge on any atom is -0.351 e. The third kappa shape index (κ3) is 4.38. The van der Waals surface area contributed by atoms with Crippen LogP contribution in [-0.4, -0.2) is 38.9 Å². The Morgan fingerprint density at radius 3 is 2.66 bits per heavy atom. The van der Waals surface area contributed by atoms with Gasteiger partial charge in [-0.3, -0.25) is 0 Å². The van der Waals surface area contributed by atoms with E-state index in [1.807, 2.05) is 25.3 Å². The van der Waals surface area contributed by atoms with Crippen molar-refractivity contribution in [2.45, 2.75) is 38.0 Å². The number of hydrogen-bond acceptors (Lipinski definition) is 5. The van der Waals surface area contributed by atoms with E-state index in [1.165, 1.54) is 11.6 Å². The van der Waals surface area contributed by atoms with Gasteiger partial charge in [-0.2, -0.15) is 0 Å². The van der Waals surface area contributed by atoms with Crippen molar-refractivity contribution in [1.29, 1.82) is 0 Å². The second kappa shape index (κ2) is 9.34. The zero-order chi connectivity index (χ0) is 24.7. The summed E-state index contributed by atoms with van der Waals surface area (Å²) in [6.45, 7) is 7.49. The fraction of sp³-hybridized carbons (Fsp3) is 0.296. The lowest BCUT2D eigenvalue weighted by molar-refractivity contribution is 0.627. The van der Waals surface area contributed by atoms with E-state index in [-0.39, 0.29) is 11.5 Å². The summed E-state index contributed by atoms with van der Waals surface area (Å²) in [7, 11) is 0. The number of fused-ring (bicyclic) bond motifs is 1. The number of nitrogens with one attached hydrogen (secondary N) is 1. The molecule has 1 aliphatic heterocycles. The van der Waals surface area contributed by atoms with Gasteiger partial charge in [-0.15, -0.1) is 11.8 Å². The summed E-state index contributed by atoms with van der Waals surface area (Å²) in [6.07, 6.45) is 4.88. The number of benzene rings is 2. The molecule has 0 unspecified atom stereocenters. The minimum atomic E-state index is -0.234. The molecule has 0 atom stereocenters. The second-order valence-electron chi connectivity index (χ2n) is 9.08. The molecule has 180 valence electrons. The van der Waals surface area contributed by atoms with Crippen LogP contribution in [0.2, 0.25) is 0 Å². The standard InChI is InChI=1S/C27H28FN5OS/c1-16(2)19-8-9-22(23(15-19)35-4)33-26-24(31-27(33)34)25(29-17(3)30-26)32-12-10-18(11-13-32)20-6-5-7-21(28)14-20/h5-10,14-16H,11-13H2,1-4H3,(H,31,34). The van der Waals surface area contributed by atoms with Crippen LogP contribution in [0.3, 0.4) is 0 Å². The summed E-state index contributed by atoms with van der Waals surface area (Å²) in [5.74, 6) is 1.48. The van der Waals surface area contributed by atoms with Gasteiger partial charge in [0.25, 0.3) is 0 Å². The lowest BCUT2D eigenvalue weighted by atomic mass is 9.99. The Balaban J connectivity index is 1.57. The zero-order valence-corrected chi connectivity index (χ0v) is 21.1. The molecule has 4 aromatic rings. The van der Waals surface area contributed by atoms with E-state index in [4.69, 9.17) is 4.98 Å². The summed E-state index contributed by atoms with van der Waals surface area (Å²) >= 11 is 1.62. The van der Waals surface area contributed by atoms with Crippen LogP contribution < -0.4 is 10.6 Å². The van der Waals surface area contributed by atoms with E-state index in [0.717, 1.165) is 28.1 Å². The van der Waals surface area contributed by atoms with Crippen LogP contribution in [0.25, 0.3) is 22.4 Å². The molecule has 2 aromatic carbocycles. The first kappa shape index (κ1) is 23.4. The highest BCUT2D eigenvalue weighted by Gasteiger charge is 2.23. The Kier molecular flexibility index (Phi) is 6.23. The number of imidazole rings is 1. The Morgan fingerprint density at radius 1 is 1.14 bits per heavy atom. The third-order valence-corrected chi connectivity index (χ3v) is 7.21. The molecule has 1 N–H and O–H groups in total. The molecule has 0 saturated heterocycles. The Morgan fingerprint density at radius 2 is 1.97 bits per heavy atom. The molecule has 6 nitrogen and oxygen atoms in total. The van der Waals surface area contributed by atoms with Gasteiger partial charge in [0, 0.05) is 18.0 Å². The lowest BCUT2D eigenvalue weighted by Gasteiger charge is -2.28. The van der Waals surface area contributed by atoms with E-state index in [0.29, 0.717) is 41.8 Å². The molecule has 0 aliphatic carbocycles. The molecule has 5 rings (SSSR count). The first-order chi connectivity index (χ1) is 16.9. The third-order valence-electron chi connectivity index (χ3n) is 6.44. The van der Waals surface area contributed by atoms with Gasteiger partial charge in [0.2, 0.25) is 0 Å². The van der Waals surface area contributed by atoms with Crippen LogP contribution in [0.1, 0.15) is 43.1 Å². The number of aryl methyl sites for hydroxylation is 1. The minimum absolute atomic E-state index is 0.232. The topological polar surface area (TPSA) is 66.8 Å². The Bertz CT molecular complexity index is 1500. The quantitative estimate of drug-likeness (QED) is 0.365. The maximum absolute atomic E-state index is 13.7. The second-order valence-corrected chi connectivity index (χ2v) is 9.93. The molecular weight excluding hydrogens is 461 g/mol. The van der Waals surface area contributed by atoms with Crippen molar-refractivity contribution < 1.29 is 4.39 Å². The molecule has 0 spiro atoms. The smallest absolute Gasteiger partial charge is 0.332 e. The maximum atomic E-state index is 13.7. The maximum Gasteiger partial charge on any atom is 0.332 e. The molecule has 0 amide bonds. The zero-order valence-electron chi connectivity index (χ0n) is 20.3. The predicted molar refractivity (Wildman–Crippen MR) is 141 cm³/mol. The van der Waals surface area contributed by atoms with Gasteiger partial charge >= 0.3 is 5.69 Å². The highest BCUT2D eigenvalue weighted by molar-refractivity contribution is 7.98. The van der Waals surface area contributed by atoms with Crippen molar-refractivity contribution in [3.63, 3.8) is 0 Å². The van der Waals surface area contributed by atoms with Crippen molar-refractivity contribution in [2.24, 2.45) is 0 Å². The fourth-order valence-electron chi connectivity index (χ4n) is 4.58. The summed E-state index contributed by atoms with van der Waals surface area (Å²) in [6, 6.07) is 12.9. The van der Waals surface area contributed by atoms with E-state index >= 15 is 0 Å². The van der Waals surface area contributed by atoms with Crippen molar-refractivity contribution in [1.82, 2.24) is 19.5 Å². The fourth-order valence-corrected chi connectivity index (χ4v) is 5.20. The van der Waals surface area contributed by atoms with Crippen molar-refractivity contribution in [3.8, 4) is 5.69 Å². The van der Waals surface area contributed by atoms with Crippen LogP contribution in [-0.2, 0) is 0 Å². The average molecular weight is 490 g/mol. The average Bonchev–Trinajstić information content (AvgIpc) is 3.18. The van der Waals surface area contributed by atoms with Crippen LogP contribution in [0, 0.1) is 12.7 Å². The highest BCUT2D eigenvalue weighted by atomic mass is 32.2. The molecular formula is C27H28FN5OS. The number of thioether (sulfide) groups is 1. The molecule has 35 heavy (non-hydrogen) atoms. The Labute approximate surface area is 207 Å². The van der Waals surface area contributed by atoms with Crippen molar-refractivity contribution >= 4 is 34.3 Å². The van der Waals surface area contributed by atoms with Gasteiger partial charge in [0.15, 0.2) is 11.5 Å². The first-order valence-corrected chi connectivity index (χ1v) is 13.0. The van der Waals surface area contributed by atoms with Gasteiger partial charge in [-0.05, 0) is 66.5 Å². The van der Waals surface area contributed by atoms with Gasteiger partial charge < -0.3 is 9.88 Å². The highest BCUT2D eigenvalue weighted by Crippen LogP contribution is 2.32. The number of halogens is 1. The number of aromatic nitrogens is 4. The number of nitrogens with zero attached hydrogens (tertiary/aromatic N) is 4. The van der Waals surface area contributed by atoms with Gasteiger partial charge in [0.05, 0.1) is 5.69 Å². The monoisotopic (exact) mass is 489 g/mol. The summed E-state index contributed by atoms with van der Waals surface area (Å²) < 4.78 is 15.3. The van der Waals surface area contributed by atoms with Gasteiger partial charge in [0.1, 0.15) is 17.2 Å². The molecule has 2 aromatic heterocycles. The van der Waals surface area contributed by atoms with Crippen LogP contribution in [0.15, 0.2) is 58.2 Å². The predicted octanol–water partition coefficient (Wildman–Crippen LogP) is 5.70. The first-order valence-electron chi connectivity index (χ1n) is 11.7. The van der Waals surface area contributed by atoms with E-state index in [2.05, 4.69) is 46.9 Å². The largest absolute Gasteiger partial charge is 0.351 e. The van der Waals surface area contributed by atoms with Gasteiger partial charge in [-0.1, -0.05) is 38.1 Å². The number of aromatic amines is 1. The molecule has 8 heteroatoms. The molecule has 0 bridgehead atoms. The molecule has 0 radical (unpaired) electrons. The van der Waals surface area contributed by atoms with Gasteiger partial charge in [-0.25, -0.2) is 23.7 Å². The molecule has 3 heterocycles. The summed E-state index contributed by atoms with van der Waals surface area (Å²) in [5, 5.41) is 0.